The first kappa shape index (κ1) is 28.8. The van der Waals surface area contributed by atoms with Crippen molar-refractivity contribution in [3.8, 4) is 5.75 Å². The van der Waals surface area contributed by atoms with Gasteiger partial charge < -0.3 is 25.2 Å². The van der Waals surface area contributed by atoms with Gasteiger partial charge in [-0.25, -0.2) is 0 Å². The molecule has 0 fully saturated rings. The molecular formula is C29H37N2O5-. The number of rotatable bonds is 11. The third-order valence-corrected chi connectivity index (χ3v) is 6.07. The summed E-state index contributed by atoms with van der Waals surface area (Å²) in [6, 6.07) is 28.0. The van der Waals surface area contributed by atoms with E-state index in [9.17, 15) is 5.11 Å². The molecular weight excluding hydrogens is 456 g/mol. The fourth-order valence-corrected chi connectivity index (χ4v) is 4.41. The molecule has 0 unspecified atom stereocenters. The lowest BCUT2D eigenvalue weighted by molar-refractivity contribution is -0.402. The molecule has 3 rings (SSSR count). The van der Waals surface area contributed by atoms with Crippen LogP contribution < -0.4 is 4.74 Å². The van der Waals surface area contributed by atoms with Gasteiger partial charge in [-0.05, 0) is 69.5 Å². The van der Waals surface area contributed by atoms with Gasteiger partial charge in [-0.3, -0.25) is 4.90 Å². The Bertz CT molecular complexity index is 1030. The van der Waals surface area contributed by atoms with Crippen LogP contribution in [0.1, 0.15) is 62.3 Å². The Kier molecular flexibility index (Phi) is 11.9. The summed E-state index contributed by atoms with van der Waals surface area (Å²) in [6.07, 6.45) is 0.983. The van der Waals surface area contributed by atoms with Crippen LogP contribution in [0.15, 0.2) is 78.9 Å². The van der Waals surface area contributed by atoms with Gasteiger partial charge in [0.1, 0.15) is 12.4 Å². The van der Waals surface area contributed by atoms with Crippen LogP contribution in [-0.2, 0) is 13.2 Å². The van der Waals surface area contributed by atoms with E-state index in [0.717, 1.165) is 35.4 Å². The summed E-state index contributed by atoms with van der Waals surface area (Å²) in [5.41, 5.74) is 4.48. The number of aliphatic hydroxyl groups is 1. The van der Waals surface area contributed by atoms with Crippen LogP contribution >= 0.6 is 0 Å². The van der Waals surface area contributed by atoms with Gasteiger partial charge in [0.15, 0.2) is 0 Å². The van der Waals surface area contributed by atoms with Gasteiger partial charge in [0.25, 0.3) is 0 Å². The van der Waals surface area contributed by atoms with Crippen molar-refractivity contribution in [1.82, 2.24) is 4.90 Å². The molecule has 3 aromatic carbocycles. The second kappa shape index (κ2) is 14.9. The van der Waals surface area contributed by atoms with Crippen molar-refractivity contribution in [3.05, 3.63) is 116 Å². The van der Waals surface area contributed by atoms with Crippen LogP contribution in [0.4, 0.5) is 0 Å². The maximum absolute atomic E-state index is 9.83. The van der Waals surface area contributed by atoms with Gasteiger partial charge in [0, 0.05) is 23.6 Å². The molecule has 194 valence electrons. The minimum atomic E-state index is -1.75. The zero-order valence-corrected chi connectivity index (χ0v) is 21.5. The van der Waals surface area contributed by atoms with E-state index in [0.29, 0.717) is 18.7 Å². The average molecular weight is 494 g/mol. The van der Waals surface area contributed by atoms with Crippen LogP contribution in [-0.4, -0.2) is 33.7 Å². The van der Waals surface area contributed by atoms with Gasteiger partial charge in [-0.1, -0.05) is 66.7 Å². The zero-order chi connectivity index (χ0) is 26.5. The highest BCUT2D eigenvalue weighted by Gasteiger charge is 2.22. The van der Waals surface area contributed by atoms with E-state index < -0.39 is 5.09 Å². The first-order valence-corrected chi connectivity index (χ1v) is 12.3. The van der Waals surface area contributed by atoms with Crippen molar-refractivity contribution >= 4 is 0 Å². The minimum Gasteiger partial charge on any atom is -0.489 e. The average Bonchev–Trinajstić information content (AvgIpc) is 2.86. The molecule has 0 spiro atoms. The second-order valence-corrected chi connectivity index (χ2v) is 9.21. The van der Waals surface area contributed by atoms with Gasteiger partial charge in [0.2, 0.25) is 0 Å². The van der Waals surface area contributed by atoms with Crippen LogP contribution in [0.2, 0.25) is 0 Å². The lowest BCUT2D eigenvalue weighted by atomic mass is 9.86. The molecule has 1 N–H and O–H groups in total. The van der Waals surface area contributed by atoms with Crippen LogP contribution in [0.5, 0.6) is 5.75 Å². The van der Waals surface area contributed by atoms with Crippen molar-refractivity contribution < 1.29 is 14.9 Å². The van der Waals surface area contributed by atoms with E-state index in [2.05, 4.69) is 81.1 Å². The second-order valence-electron chi connectivity index (χ2n) is 9.21. The van der Waals surface area contributed by atoms with Gasteiger partial charge >= 0.3 is 0 Å². The molecule has 3 aromatic rings. The molecule has 0 saturated carbocycles. The number of ether oxygens (including phenoxy) is 1. The molecule has 0 aliphatic heterocycles. The zero-order valence-electron chi connectivity index (χ0n) is 21.5. The van der Waals surface area contributed by atoms with E-state index in [1.54, 1.807) is 0 Å². The highest BCUT2D eigenvalue weighted by atomic mass is 16.9. The molecule has 1 atom stereocenters. The van der Waals surface area contributed by atoms with E-state index in [1.165, 1.54) is 5.56 Å². The van der Waals surface area contributed by atoms with Gasteiger partial charge in [-0.15, -0.1) is 0 Å². The first-order chi connectivity index (χ1) is 17.2. The quantitative estimate of drug-likeness (QED) is 0.254. The normalized spacial score (nSPS) is 11.8. The van der Waals surface area contributed by atoms with E-state index in [1.807, 2.05) is 30.3 Å². The van der Waals surface area contributed by atoms with Crippen LogP contribution in [0.3, 0.4) is 0 Å². The molecule has 0 aliphatic rings. The molecule has 36 heavy (non-hydrogen) atoms. The molecule has 0 aliphatic carbocycles. The third-order valence-electron chi connectivity index (χ3n) is 6.07. The van der Waals surface area contributed by atoms with Crippen molar-refractivity contribution in [1.29, 1.82) is 0 Å². The van der Waals surface area contributed by atoms with Crippen molar-refractivity contribution in [3.63, 3.8) is 0 Å². The van der Waals surface area contributed by atoms with Crippen LogP contribution in [0.25, 0.3) is 0 Å². The fraction of sp³-hybridized carbons (Fsp3) is 0.379. The number of hydrogen-bond acceptors (Lipinski definition) is 6. The van der Waals surface area contributed by atoms with Crippen LogP contribution in [0, 0.1) is 15.3 Å². The van der Waals surface area contributed by atoms with Gasteiger partial charge in [-0.2, -0.15) is 0 Å². The summed E-state index contributed by atoms with van der Waals surface area (Å²) in [4.78, 5) is 10.8. The van der Waals surface area contributed by atoms with Crippen molar-refractivity contribution in [2.24, 2.45) is 0 Å². The molecule has 7 nitrogen and oxygen atoms in total. The Labute approximate surface area is 214 Å². The van der Waals surface area contributed by atoms with Gasteiger partial charge in [0.05, 0.1) is 11.7 Å². The van der Waals surface area contributed by atoms with E-state index in [4.69, 9.17) is 20.1 Å². The number of hydrogen-bond donors (Lipinski definition) is 1. The Morgan fingerprint density at radius 3 is 1.94 bits per heavy atom. The summed E-state index contributed by atoms with van der Waals surface area (Å²) < 4.78 is 6.33. The molecule has 0 bridgehead atoms. The summed E-state index contributed by atoms with van der Waals surface area (Å²) in [5, 5.41) is 24.6. The Balaban J connectivity index is 0.00000106. The summed E-state index contributed by atoms with van der Waals surface area (Å²) in [7, 11) is 0. The van der Waals surface area contributed by atoms with Crippen molar-refractivity contribution in [2.45, 2.75) is 65.3 Å². The van der Waals surface area contributed by atoms with E-state index in [-0.39, 0.29) is 12.5 Å². The highest BCUT2D eigenvalue weighted by molar-refractivity contribution is 5.44. The Hall–Kier alpha value is -3.42. The maximum atomic E-state index is 9.83. The number of aliphatic hydroxyl groups excluding tert-OH is 1. The standard InChI is InChI=1S/C29H37NO2.NO3/c1-22(2)30(23(3)4)18-17-27(26-13-9-6-10-14-26)28-19-25(20-31)15-16-29(28)32-21-24-11-7-5-8-12-24;2-1(3)4/h5-16,19,22-23,27,31H,17-18,20-21H2,1-4H3;/q;-1/t27-;/m1./s1. The summed E-state index contributed by atoms with van der Waals surface area (Å²) in [5.74, 6) is 1.08. The topological polar surface area (TPSA) is 98.9 Å². The number of nitrogens with zero attached hydrogens (tertiary/aromatic N) is 2. The summed E-state index contributed by atoms with van der Waals surface area (Å²) >= 11 is 0. The number of benzene rings is 3. The molecule has 0 saturated heterocycles. The lowest BCUT2D eigenvalue weighted by Gasteiger charge is -2.32. The molecule has 7 heteroatoms. The predicted molar refractivity (Wildman–Crippen MR) is 143 cm³/mol. The summed E-state index contributed by atoms with van der Waals surface area (Å²) in [6.45, 7) is 10.6. The van der Waals surface area contributed by atoms with E-state index >= 15 is 0 Å². The van der Waals surface area contributed by atoms with Crippen molar-refractivity contribution in [2.75, 3.05) is 6.54 Å². The first-order valence-electron chi connectivity index (χ1n) is 12.3. The third kappa shape index (κ3) is 9.32. The largest absolute Gasteiger partial charge is 0.489 e. The predicted octanol–water partition coefficient (Wildman–Crippen LogP) is 6.16. The minimum absolute atomic E-state index is 0.0254. The SMILES string of the molecule is CC(C)N(CC[C@H](c1ccccc1)c1cc(CO)ccc1OCc1ccccc1)C(C)C.O=[N+]([O-])[O-]. The maximum Gasteiger partial charge on any atom is 0.123 e. The highest BCUT2D eigenvalue weighted by Crippen LogP contribution is 2.36. The Morgan fingerprint density at radius 1 is 0.861 bits per heavy atom. The molecule has 0 amide bonds. The fourth-order valence-electron chi connectivity index (χ4n) is 4.41. The smallest absolute Gasteiger partial charge is 0.123 e. The molecule has 0 aromatic heterocycles. The molecule has 0 heterocycles. The monoisotopic (exact) mass is 493 g/mol. The lowest BCUT2D eigenvalue weighted by Crippen LogP contribution is -2.38. The Morgan fingerprint density at radius 2 is 1.42 bits per heavy atom. The molecule has 0 radical (unpaired) electrons.